The number of aryl methyl sites for hydroxylation is 3. The summed E-state index contributed by atoms with van der Waals surface area (Å²) in [6.45, 7) is 11.7. The van der Waals surface area contributed by atoms with Crippen molar-refractivity contribution in [3.05, 3.63) is 28.7 Å². The van der Waals surface area contributed by atoms with E-state index in [9.17, 15) is 4.79 Å². The van der Waals surface area contributed by atoms with Crippen molar-refractivity contribution in [2.24, 2.45) is 7.05 Å². The molecule has 9 heteroatoms. The monoisotopic (exact) mass is 399 g/mol. The van der Waals surface area contributed by atoms with E-state index in [4.69, 9.17) is 9.72 Å². The molecule has 0 radical (unpaired) electrons. The minimum Gasteiger partial charge on any atom is -0.378 e. The third-order valence-corrected chi connectivity index (χ3v) is 5.74. The fourth-order valence-corrected chi connectivity index (χ4v) is 3.98. The van der Waals surface area contributed by atoms with E-state index in [0.717, 1.165) is 60.6 Å². The number of anilines is 2. The second kappa shape index (κ2) is 7.98. The van der Waals surface area contributed by atoms with Gasteiger partial charge in [0.05, 0.1) is 24.5 Å². The van der Waals surface area contributed by atoms with Gasteiger partial charge in [0.1, 0.15) is 5.82 Å². The van der Waals surface area contributed by atoms with E-state index in [-0.39, 0.29) is 5.91 Å². The van der Waals surface area contributed by atoms with Gasteiger partial charge >= 0.3 is 0 Å². The van der Waals surface area contributed by atoms with Gasteiger partial charge in [-0.05, 0) is 20.8 Å². The number of hydrogen-bond donors (Lipinski definition) is 0. The normalized spacial score (nSPS) is 17.7. The van der Waals surface area contributed by atoms with Gasteiger partial charge in [0.25, 0.3) is 5.91 Å². The first-order valence-electron chi connectivity index (χ1n) is 10.2. The molecule has 9 nitrogen and oxygen atoms in total. The Labute approximate surface area is 171 Å². The highest BCUT2D eigenvalue weighted by molar-refractivity contribution is 5.96. The second-order valence-corrected chi connectivity index (χ2v) is 7.72. The molecule has 0 spiro atoms. The maximum atomic E-state index is 13.0. The third kappa shape index (κ3) is 3.91. The van der Waals surface area contributed by atoms with Crippen molar-refractivity contribution in [3.8, 4) is 0 Å². The number of morpholine rings is 1. The maximum absolute atomic E-state index is 13.0. The highest BCUT2D eigenvalue weighted by atomic mass is 16.5. The molecule has 4 heterocycles. The first kappa shape index (κ1) is 19.6. The van der Waals surface area contributed by atoms with Crippen molar-refractivity contribution in [2.45, 2.75) is 20.8 Å². The van der Waals surface area contributed by atoms with Gasteiger partial charge in [0.15, 0.2) is 0 Å². The summed E-state index contributed by atoms with van der Waals surface area (Å²) in [6.07, 6.45) is 0. The molecule has 0 saturated carbocycles. The molecule has 0 atom stereocenters. The van der Waals surface area contributed by atoms with Crippen LogP contribution in [0, 0.1) is 20.8 Å². The average molecular weight is 399 g/mol. The number of hydrogen-bond acceptors (Lipinski definition) is 7. The molecule has 0 bridgehead atoms. The molecule has 2 aromatic rings. The topological polar surface area (TPSA) is 79.6 Å². The summed E-state index contributed by atoms with van der Waals surface area (Å²) in [5, 5.41) is 4.38. The quantitative estimate of drug-likeness (QED) is 0.760. The lowest BCUT2D eigenvalue weighted by Crippen LogP contribution is -2.49. The fraction of sp³-hybridized carbons (Fsp3) is 0.600. The first-order chi connectivity index (χ1) is 13.9. The van der Waals surface area contributed by atoms with E-state index >= 15 is 0 Å². The fourth-order valence-electron chi connectivity index (χ4n) is 3.98. The zero-order valence-electron chi connectivity index (χ0n) is 17.7. The molecule has 0 N–H and O–H groups in total. The molecule has 29 heavy (non-hydrogen) atoms. The van der Waals surface area contributed by atoms with Crippen LogP contribution in [0.2, 0.25) is 0 Å². The Morgan fingerprint density at radius 1 is 0.966 bits per heavy atom. The third-order valence-electron chi connectivity index (χ3n) is 5.74. The molecule has 2 aliphatic rings. The number of aromatic nitrogens is 4. The molecule has 2 aromatic heterocycles. The van der Waals surface area contributed by atoms with Crippen LogP contribution in [0.5, 0.6) is 0 Å². The van der Waals surface area contributed by atoms with Crippen molar-refractivity contribution in [1.29, 1.82) is 0 Å². The summed E-state index contributed by atoms with van der Waals surface area (Å²) in [7, 11) is 1.88. The molecular formula is C20H29N7O2. The molecular weight excluding hydrogens is 370 g/mol. The van der Waals surface area contributed by atoms with Gasteiger partial charge in [0.2, 0.25) is 5.95 Å². The highest BCUT2D eigenvalue weighted by Gasteiger charge is 2.27. The van der Waals surface area contributed by atoms with E-state index in [0.29, 0.717) is 26.3 Å². The van der Waals surface area contributed by atoms with Gasteiger partial charge in [-0.1, -0.05) is 0 Å². The Hall–Kier alpha value is -2.68. The Kier molecular flexibility index (Phi) is 5.40. The van der Waals surface area contributed by atoms with E-state index in [1.807, 2.05) is 38.8 Å². The Bertz CT molecular complexity index is 896. The molecule has 2 saturated heterocycles. The van der Waals surface area contributed by atoms with Gasteiger partial charge in [-0.15, -0.1) is 0 Å². The van der Waals surface area contributed by atoms with Crippen LogP contribution < -0.4 is 9.80 Å². The van der Waals surface area contributed by atoms with Crippen LogP contribution in [0.3, 0.4) is 0 Å². The first-order valence-corrected chi connectivity index (χ1v) is 10.2. The molecule has 2 fully saturated rings. The summed E-state index contributed by atoms with van der Waals surface area (Å²) >= 11 is 0. The Balaban J connectivity index is 1.45. The van der Waals surface area contributed by atoms with E-state index in [1.54, 1.807) is 4.68 Å². The van der Waals surface area contributed by atoms with Crippen molar-refractivity contribution < 1.29 is 9.53 Å². The van der Waals surface area contributed by atoms with Gasteiger partial charge in [0, 0.05) is 63.8 Å². The summed E-state index contributed by atoms with van der Waals surface area (Å²) in [5.74, 6) is 1.77. The lowest BCUT2D eigenvalue weighted by Gasteiger charge is -2.36. The standard InChI is InChI=1S/C20H29N7O2/c1-14-13-17(22-20(21-14)27-9-11-29-12-10-27)25-5-7-26(8-6-25)19(28)18-15(2)23-24(4)16(18)3/h13H,5-12H2,1-4H3. The van der Waals surface area contributed by atoms with E-state index in [1.165, 1.54) is 0 Å². The minimum atomic E-state index is 0.0700. The molecule has 0 aliphatic carbocycles. The summed E-state index contributed by atoms with van der Waals surface area (Å²) in [6, 6.07) is 2.02. The van der Waals surface area contributed by atoms with Gasteiger partial charge in [-0.25, -0.2) is 4.98 Å². The highest BCUT2D eigenvalue weighted by Crippen LogP contribution is 2.21. The molecule has 2 aliphatic heterocycles. The van der Waals surface area contributed by atoms with Crippen LogP contribution in [0.25, 0.3) is 0 Å². The predicted molar refractivity (Wildman–Crippen MR) is 111 cm³/mol. The molecule has 156 valence electrons. The number of piperazine rings is 1. The molecule has 4 rings (SSSR count). The van der Waals surface area contributed by atoms with Crippen LogP contribution in [0.1, 0.15) is 27.4 Å². The summed E-state index contributed by atoms with van der Waals surface area (Å²) < 4.78 is 7.21. The second-order valence-electron chi connectivity index (χ2n) is 7.72. The lowest BCUT2D eigenvalue weighted by atomic mass is 10.1. The van der Waals surface area contributed by atoms with Crippen LogP contribution in [0.15, 0.2) is 6.07 Å². The zero-order valence-corrected chi connectivity index (χ0v) is 17.7. The molecule has 1 amide bonds. The van der Waals surface area contributed by atoms with Crippen molar-refractivity contribution >= 4 is 17.7 Å². The smallest absolute Gasteiger partial charge is 0.257 e. The maximum Gasteiger partial charge on any atom is 0.257 e. The van der Waals surface area contributed by atoms with Gasteiger partial charge in [-0.2, -0.15) is 10.1 Å². The number of carbonyl (C=O) groups excluding carboxylic acids is 1. The summed E-state index contributed by atoms with van der Waals surface area (Å²) in [4.78, 5) is 28.8. The summed E-state index contributed by atoms with van der Waals surface area (Å²) in [5.41, 5.74) is 3.39. The molecule has 0 aromatic carbocycles. The average Bonchev–Trinajstić information content (AvgIpc) is 2.99. The number of ether oxygens (including phenoxy) is 1. The lowest BCUT2D eigenvalue weighted by molar-refractivity contribution is 0.0745. The SMILES string of the molecule is Cc1cc(N2CCN(C(=O)c3c(C)nn(C)c3C)CC2)nc(N2CCOCC2)n1. The van der Waals surface area contributed by atoms with E-state index < -0.39 is 0 Å². The van der Waals surface area contributed by atoms with Crippen molar-refractivity contribution in [3.63, 3.8) is 0 Å². The molecule has 0 unspecified atom stereocenters. The number of carbonyl (C=O) groups is 1. The van der Waals surface area contributed by atoms with Crippen LogP contribution in [-0.4, -0.2) is 83.0 Å². The van der Waals surface area contributed by atoms with Crippen molar-refractivity contribution in [2.75, 3.05) is 62.3 Å². The van der Waals surface area contributed by atoms with E-state index in [2.05, 4.69) is 19.9 Å². The largest absolute Gasteiger partial charge is 0.378 e. The number of rotatable bonds is 3. The predicted octanol–water partition coefficient (Wildman–Crippen LogP) is 0.934. The Morgan fingerprint density at radius 3 is 2.28 bits per heavy atom. The number of amides is 1. The minimum absolute atomic E-state index is 0.0700. The zero-order chi connectivity index (χ0) is 20.5. The van der Waals surface area contributed by atoms with Crippen molar-refractivity contribution in [1.82, 2.24) is 24.6 Å². The van der Waals surface area contributed by atoms with Crippen LogP contribution in [-0.2, 0) is 11.8 Å². The Morgan fingerprint density at radius 2 is 1.66 bits per heavy atom. The number of nitrogens with zero attached hydrogens (tertiary/aromatic N) is 7. The van der Waals surface area contributed by atoms with Gasteiger partial charge in [-0.3, -0.25) is 9.48 Å². The van der Waals surface area contributed by atoms with Crippen LogP contribution in [0.4, 0.5) is 11.8 Å². The van der Waals surface area contributed by atoms with Gasteiger partial charge < -0.3 is 19.4 Å². The van der Waals surface area contributed by atoms with Crippen LogP contribution >= 0.6 is 0 Å².